The lowest BCUT2D eigenvalue weighted by molar-refractivity contribution is 0.218. The lowest BCUT2D eigenvalue weighted by atomic mass is 10.1. The zero-order chi connectivity index (χ0) is 18.9. The fraction of sp³-hybridized carbons (Fsp3) is 0.500. The van der Waals surface area contributed by atoms with E-state index >= 15 is 0 Å². The number of nitrogens with one attached hydrogen (secondary N) is 1. The van der Waals surface area contributed by atoms with E-state index in [0.29, 0.717) is 0 Å². The van der Waals surface area contributed by atoms with Crippen LogP contribution in [0.2, 0.25) is 0 Å². The van der Waals surface area contributed by atoms with Crippen molar-refractivity contribution in [1.29, 1.82) is 0 Å². The summed E-state index contributed by atoms with van der Waals surface area (Å²) in [6.07, 6.45) is 6.32. The Bertz CT molecular complexity index is 676. The summed E-state index contributed by atoms with van der Waals surface area (Å²) in [5.41, 5.74) is 2.42. The molecule has 1 aliphatic heterocycles. The fourth-order valence-electron chi connectivity index (χ4n) is 3.54. The monoisotopic (exact) mass is 401 g/mol. The lowest BCUT2D eigenvalue weighted by Crippen LogP contribution is -2.37. The number of nitrogens with zero attached hydrogens (tertiary/aromatic N) is 2. The van der Waals surface area contributed by atoms with Crippen molar-refractivity contribution in [2.45, 2.75) is 45.6 Å². The number of piperidine rings is 1. The van der Waals surface area contributed by atoms with Crippen molar-refractivity contribution in [2.75, 3.05) is 31.5 Å². The predicted octanol–water partition coefficient (Wildman–Crippen LogP) is 5.39. The van der Waals surface area contributed by atoms with Crippen molar-refractivity contribution in [2.24, 2.45) is 0 Å². The third-order valence-corrected chi connectivity index (χ3v) is 6.40. The number of rotatable bonds is 8. The molecule has 0 aliphatic carbocycles. The van der Waals surface area contributed by atoms with Crippen molar-refractivity contribution in [3.8, 4) is 0 Å². The summed E-state index contributed by atoms with van der Waals surface area (Å²) in [5.74, 6) is 0. The van der Waals surface area contributed by atoms with Gasteiger partial charge in [-0.1, -0.05) is 31.5 Å². The van der Waals surface area contributed by atoms with Gasteiger partial charge in [0.2, 0.25) is 0 Å². The first-order valence-electron chi connectivity index (χ1n) is 10.1. The van der Waals surface area contributed by atoms with Crippen LogP contribution >= 0.6 is 23.6 Å². The first-order valence-corrected chi connectivity index (χ1v) is 11.4. The second kappa shape index (κ2) is 10.8. The summed E-state index contributed by atoms with van der Waals surface area (Å²) in [7, 11) is 0. The fourth-order valence-corrected chi connectivity index (χ4v) is 4.53. The maximum Gasteiger partial charge on any atom is 0.173 e. The molecular weight excluding hydrogens is 370 g/mol. The molecule has 146 valence electrons. The van der Waals surface area contributed by atoms with Crippen molar-refractivity contribution in [3.05, 3.63) is 52.2 Å². The molecule has 0 amide bonds. The predicted molar refractivity (Wildman–Crippen MR) is 122 cm³/mol. The quantitative estimate of drug-likeness (QED) is 0.598. The van der Waals surface area contributed by atoms with Gasteiger partial charge < -0.3 is 15.1 Å². The first-order chi connectivity index (χ1) is 13.2. The van der Waals surface area contributed by atoms with Gasteiger partial charge in [-0.3, -0.25) is 0 Å². The maximum atomic E-state index is 5.77. The van der Waals surface area contributed by atoms with E-state index in [-0.39, 0.29) is 0 Å². The molecule has 27 heavy (non-hydrogen) atoms. The molecule has 1 aromatic heterocycles. The zero-order valence-corrected chi connectivity index (χ0v) is 18.0. The molecule has 0 saturated carbocycles. The van der Waals surface area contributed by atoms with Gasteiger partial charge in [0.1, 0.15) is 0 Å². The molecule has 0 bridgehead atoms. The minimum Gasteiger partial charge on any atom is -0.344 e. The summed E-state index contributed by atoms with van der Waals surface area (Å²) in [6, 6.07) is 12.9. The van der Waals surface area contributed by atoms with Gasteiger partial charge in [0, 0.05) is 17.1 Å². The summed E-state index contributed by atoms with van der Waals surface area (Å²) < 4.78 is 0. The molecule has 0 spiro atoms. The van der Waals surface area contributed by atoms with Crippen LogP contribution < -0.4 is 5.32 Å². The van der Waals surface area contributed by atoms with E-state index in [1.165, 1.54) is 49.3 Å². The number of aryl methyl sites for hydroxylation is 1. The largest absolute Gasteiger partial charge is 0.344 e. The highest BCUT2D eigenvalue weighted by Crippen LogP contribution is 2.16. The summed E-state index contributed by atoms with van der Waals surface area (Å²) >= 11 is 7.57. The van der Waals surface area contributed by atoms with Crippen LogP contribution in [0.3, 0.4) is 0 Å². The summed E-state index contributed by atoms with van der Waals surface area (Å²) in [4.78, 5) is 6.28. The average Bonchev–Trinajstić information content (AvgIpc) is 3.22. The van der Waals surface area contributed by atoms with Gasteiger partial charge >= 0.3 is 0 Å². The van der Waals surface area contributed by atoms with Crippen molar-refractivity contribution in [1.82, 2.24) is 9.80 Å². The van der Waals surface area contributed by atoms with Crippen LogP contribution in [0.15, 0.2) is 41.8 Å². The van der Waals surface area contributed by atoms with E-state index in [9.17, 15) is 0 Å². The Morgan fingerprint density at radius 3 is 2.59 bits per heavy atom. The van der Waals surface area contributed by atoms with Gasteiger partial charge in [-0.05, 0) is 86.7 Å². The molecule has 0 atom stereocenters. The highest BCUT2D eigenvalue weighted by molar-refractivity contribution is 7.80. The SMILES string of the molecule is CCc1ccc(NC(=S)N(CCCN2CCCCC2)Cc2cccs2)cc1. The second-order valence-corrected chi connectivity index (χ2v) is 8.66. The van der Waals surface area contributed by atoms with Crippen LogP contribution in [-0.2, 0) is 13.0 Å². The van der Waals surface area contributed by atoms with Crippen molar-refractivity contribution >= 4 is 34.4 Å². The Hall–Kier alpha value is -1.43. The number of hydrogen-bond acceptors (Lipinski definition) is 3. The minimum atomic E-state index is 0.825. The van der Waals surface area contributed by atoms with Crippen LogP contribution in [0.25, 0.3) is 0 Å². The van der Waals surface area contributed by atoms with E-state index in [1.807, 2.05) is 0 Å². The highest BCUT2D eigenvalue weighted by Gasteiger charge is 2.14. The van der Waals surface area contributed by atoms with E-state index in [4.69, 9.17) is 12.2 Å². The molecule has 1 fully saturated rings. The van der Waals surface area contributed by atoms with Gasteiger partial charge in [-0.25, -0.2) is 0 Å². The van der Waals surface area contributed by atoms with Crippen LogP contribution in [0.5, 0.6) is 0 Å². The Morgan fingerprint density at radius 2 is 1.93 bits per heavy atom. The van der Waals surface area contributed by atoms with Gasteiger partial charge in [0.15, 0.2) is 5.11 Å². The molecule has 0 radical (unpaired) electrons. The average molecular weight is 402 g/mol. The third-order valence-electron chi connectivity index (χ3n) is 5.18. The summed E-state index contributed by atoms with van der Waals surface area (Å²) in [6.45, 7) is 7.76. The van der Waals surface area contributed by atoms with E-state index in [1.54, 1.807) is 11.3 Å². The van der Waals surface area contributed by atoms with Crippen LogP contribution in [0.1, 0.15) is 43.0 Å². The molecule has 2 heterocycles. The third kappa shape index (κ3) is 6.59. The maximum absolute atomic E-state index is 5.77. The van der Waals surface area contributed by atoms with Crippen LogP contribution in [0.4, 0.5) is 5.69 Å². The standard InChI is InChI=1S/C22H31N3S2/c1-2-19-9-11-20(12-10-19)23-22(26)25(18-21-8-6-17-27-21)16-7-15-24-13-4-3-5-14-24/h6,8-12,17H,2-5,7,13-16,18H2,1H3,(H,23,26). The molecule has 5 heteroatoms. The molecule has 1 saturated heterocycles. The molecule has 1 aliphatic rings. The molecule has 1 aromatic carbocycles. The number of benzene rings is 1. The highest BCUT2D eigenvalue weighted by atomic mass is 32.1. The number of likely N-dealkylation sites (tertiary alicyclic amines) is 1. The van der Waals surface area contributed by atoms with Crippen LogP contribution in [-0.4, -0.2) is 41.1 Å². The van der Waals surface area contributed by atoms with Gasteiger partial charge in [-0.15, -0.1) is 11.3 Å². The first kappa shape index (κ1) is 20.3. The Labute approximate surface area is 173 Å². The molecule has 2 aromatic rings. The number of anilines is 1. The Morgan fingerprint density at radius 1 is 1.15 bits per heavy atom. The topological polar surface area (TPSA) is 18.5 Å². The van der Waals surface area contributed by atoms with Crippen molar-refractivity contribution in [3.63, 3.8) is 0 Å². The molecule has 3 nitrogen and oxygen atoms in total. The summed E-state index contributed by atoms with van der Waals surface area (Å²) in [5, 5.41) is 6.41. The van der Waals surface area contributed by atoms with E-state index < -0.39 is 0 Å². The normalized spacial score (nSPS) is 14.9. The van der Waals surface area contributed by atoms with Crippen LogP contribution in [0, 0.1) is 0 Å². The molecule has 0 unspecified atom stereocenters. The lowest BCUT2D eigenvalue weighted by Gasteiger charge is -2.29. The van der Waals surface area contributed by atoms with Gasteiger partial charge in [-0.2, -0.15) is 0 Å². The van der Waals surface area contributed by atoms with Crippen molar-refractivity contribution < 1.29 is 0 Å². The minimum absolute atomic E-state index is 0.825. The van der Waals surface area contributed by atoms with Gasteiger partial charge in [0.05, 0.1) is 6.54 Å². The Balaban J connectivity index is 1.56. The van der Waals surface area contributed by atoms with Gasteiger partial charge in [0.25, 0.3) is 0 Å². The molecule has 1 N–H and O–H groups in total. The number of thiophene rings is 1. The molecule has 3 rings (SSSR count). The smallest absolute Gasteiger partial charge is 0.173 e. The molecular formula is C22H31N3S2. The second-order valence-electron chi connectivity index (χ2n) is 7.24. The van der Waals surface area contributed by atoms with E-state index in [0.717, 1.165) is 36.7 Å². The number of thiocarbonyl (C=S) groups is 1. The van der Waals surface area contributed by atoms with E-state index in [2.05, 4.69) is 63.8 Å². The zero-order valence-electron chi connectivity index (χ0n) is 16.3. The Kier molecular flexibility index (Phi) is 8.11. The number of hydrogen-bond donors (Lipinski definition) is 1.